The Morgan fingerprint density at radius 3 is 2.95 bits per heavy atom. The lowest BCUT2D eigenvalue weighted by Crippen LogP contribution is -2.57. The van der Waals surface area contributed by atoms with Crippen molar-refractivity contribution in [2.75, 3.05) is 19.6 Å². The van der Waals surface area contributed by atoms with E-state index in [1.165, 1.54) is 37.5 Å². The van der Waals surface area contributed by atoms with Gasteiger partial charge in [0.25, 0.3) is 0 Å². The highest BCUT2D eigenvalue weighted by Gasteiger charge is 2.34. The molecule has 1 aromatic carbocycles. The Labute approximate surface area is 142 Å². The van der Waals surface area contributed by atoms with Gasteiger partial charge in [-0.25, -0.2) is 0 Å². The summed E-state index contributed by atoms with van der Waals surface area (Å²) in [6.07, 6.45) is 2.81. The number of amides is 1. The van der Waals surface area contributed by atoms with E-state index in [0.717, 1.165) is 26.8 Å². The molecule has 1 N–H and O–H groups in total. The van der Waals surface area contributed by atoms with Crippen molar-refractivity contribution in [3.8, 4) is 0 Å². The maximum atomic E-state index is 12.4. The summed E-state index contributed by atoms with van der Waals surface area (Å²) in [7, 11) is 0. The van der Waals surface area contributed by atoms with Crippen LogP contribution in [0.4, 0.5) is 0 Å². The molecule has 1 atom stereocenters. The predicted octanol–water partition coefficient (Wildman–Crippen LogP) is 2.81. The summed E-state index contributed by atoms with van der Waals surface area (Å²) < 4.78 is 6.63. The molecule has 2 aromatic rings. The van der Waals surface area contributed by atoms with Crippen molar-refractivity contribution in [1.29, 1.82) is 0 Å². The van der Waals surface area contributed by atoms with E-state index < -0.39 is 0 Å². The first-order valence-electron chi connectivity index (χ1n) is 7.74. The molecule has 0 saturated carbocycles. The van der Waals surface area contributed by atoms with Gasteiger partial charge in [-0.2, -0.15) is 4.37 Å². The fraction of sp³-hybridized carbons (Fsp3) is 0.500. The molecule has 1 aromatic heterocycles. The van der Waals surface area contributed by atoms with E-state index >= 15 is 0 Å². The standard InChI is InChI=1S/C16H18BrN3OS/c17-11-1-2-15-12(7-11)13(19-22-15)8-16(21)18-14-9-20-5-3-10(14)4-6-20/h1-2,7,10,14H,3-6,8-9H2,(H,18,21)/t14-/m1/s1. The zero-order valence-corrected chi connectivity index (χ0v) is 14.6. The Bertz CT molecular complexity index is 708. The highest BCUT2D eigenvalue weighted by molar-refractivity contribution is 9.10. The molecule has 3 aliphatic rings. The number of carbonyl (C=O) groups excluding carboxylic acids is 1. The number of hydrogen-bond donors (Lipinski definition) is 1. The number of aromatic nitrogens is 1. The fourth-order valence-corrected chi connectivity index (χ4v) is 4.76. The number of nitrogens with zero attached hydrogens (tertiary/aromatic N) is 2. The largest absolute Gasteiger partial charge is 0.351 e. The molecule has 0 unspecified atom stereocenters. The Balaban J connectivity index is 1.46. The predicted molar refractivity (Wildman–Crippen MR) is 92.1 cm³/mol. The second-order valence-corrected chi connectivity index (χ2v) is 7.98. The van der Waals surface area contributed by atoms with Gasteiger partial charge >= 0.3 is 0 Å². The first-order valence-corrected chi connectivity index (χ1v) is 9.31. The third-order valence-corrected chi connectivity index (χ3v) is 6.19. The Kier molecular flexibility index (Phi) is 3.92. The van der Waals surface area contributed by atoms with Gasteiger partial charge in [0.05, 0.1) is 16.8 Å². The number of nitrogens with one attached hydrogen (secondary N) is 1. The van der Waals surface area contributed by atoms with E-state index in [9.17, 15) is 4.79 Å². The Morgan fingerprint density at radius 2 is 2.23 bits per heavy atom. The Morgan fingerprint density at radius 1 is 1.41 bits per heavy atom. The van der Waals surface area contributed by atoms with Crippen molar-refractivity contribution >= 4 is 43.5 Å². The number of hydrogen-bond acceptors (Lipinski definition) is 4. The van der Waals surface area contributed by atoms with Crippen LogP contribution in [-0.2, 0) is 11.2 Å². The summed E-state index contributed by atoms with van der Waals surface area (Å²) in [5.74, 6) is 0.765. The molecule has 0 spiro atoms. The van der Waals surface area contributed by atoms with Crippen molar-refractivity contribution in [2.45, 2.75) is 25.3 Å². The van der Waals surface area contributed by atoms with Gasteiger partial charge in [0.15, 0.2) is 0 Å². The number of halogens is 1. The lowest BCUT2D eigenvalue weighted by Gasteiger charge is -2.44. The first-order chi connectivity index (χ1) is 10.7. The SMILES string of the molecule is O=C(Cc1nsc2ccc(Br)cc12)N[C@@H]1CN2CCC1CC2. The molecule has 3 fully saturated rings. The third-order valence-electron chi connectivity index (χ3n) is 4.84. The maximum Gasteiger partial charge on any atom is 0.226 e. The van der Waals surface area contributed by atoms with Gasteiger partial charge in [-0.3, -0.25) is 4.79 Å². The molecule has 3 aliphatic heterocycles. The lowest BCUT2D eigenvalue weighted by molar-refractivity contribution is -0.122. The summed E-state index contributed by atoms with van der Waals surface area (Å²) in [6.45, 7) is 3.41. The van der Waals surface area contributed by atoms with Crippen molar-refractivity contribution in [3.63, 3.8) is 0 Å². The van der Waals surface area contributed by atoms with E-state index in [4.69, 9.17) is 0 Å². The van der Waals surface area contributed by atoms with E-state index in [1.807, 2.05) is 12.1 Å². The maximum absolute atomic E-state index is 12.4. The van der Waals surface area contributed by atoms with Gasteiger partial charge in [-0.05, 0) is 61.6 Å². The quantitative estimate of drug-likeness (QED) is 0.891. The van der Waals surface area contributed by atoms with Gasteiger partial charge in [0, 0.05) is 22.4 Å². The topological polar surface area (TPSA) is 45.2 Å². The second-order valence-electron chi connectivity index (χ2n) is 6.26. The van der Waals surface area contributed by atoms with Crippen LogP contribution in [0.1, 0.15) is 18.5 Å². The van der Waals surface area contributed by atoms with Crippen LogP contribution in [0.15, 0.2) is 22.7 Å². The zero-order chi connectivity index (χ0) is 15.1. The van der Waals surface area contributed by atoms with Gasteiger partial charge in [0.2, 0.25) is 5.91 Å². The van der Waals surface area contributed by atoms with E-state index in [0.29, 0.717) is 18.4 Å². The lowest BCUT2D eigenvalue weighted by atomic mass is 9.84. The summed E-state index contributed by atoms with van der Waals surface area (Å²) in [6, 6.07) is 6.44. The van der Waals surface area contributed by atoms with Gasteiger partial charge in [-0.15, -0.1) is 0 Å². The van der Waals surface area contributed by atoms with Crippen LogP contribution >= 0.6 is 27.5 Å². The molecule has 0 radical (unpaired) electrons. The number of piperidine rings is 3. The van der Waals surface area contributed by atoms with E-state index in [1.54, 1.807) is 0 Å². The highest BCUT2D eigenvalue weighted by atomic mass is 79.9. The molecular weight excluding hydrogens is 362 g/mol. The molecule has 3 saturated heterocycles. The average Bonchev–Trinajstić information content (AvgIpc) is 2.90. The molecular formula is C16H18BrN3OS. The minimum absolute atomic E-state index is 0.103. The normalized spacial score (nSPS) is 27.2. The van der Waals surface area contributed by atoms with Crippen LogP contribution in [0.2, 0.25) is 0 Å². The monoisotopic (exact) mass is 379 g/mol. The molecule has 0 aliphatic carbocycles. The second kappa shape index (κ2) is 5.91. The molecule has 116 valence electrons. The van der Waals surface area contributed by atoms with Crippen molar-refractivity contribution < 1.29 is 4.79 Å². The van der Waals surface area contributed by atoms with Crippen molar-refractivity contribution in [3.05, 3.63) is 28.4 Å². The Hall–Kier alpha value is -0.980. The molecule has 6 heteroatoms. The average molecular weight is 380 g/mol. The van der Waals surface area contributed by atoms with Crippen LogP contribution in [0, 0.1) is 5.92 Å². The van der Waals surface area contributed by atoms with Gasteiger partial charge in [0.1, 0.15) is 0 Å². The minimum atomic E-state index is 0.103. The van der Waals surface area contributed by atoms with Crippen LogP contribution in [0.25, 0.3) is 10.1 Å². The van der Waals surface area contributed by atoms with Gasteiger partial charge in [-0.1, -0.05) is 15.9 Å². The number of fused-ring (bicyclic) bond motifs is 4. The first kappa shape index (κ1) is 14.6. The van der Waals surface area contributed by atoms with Crippen LogP contribution in [0.5, 0.6) is 0 Å². The van der Waals surface area contributed by atoms with Crippen molar-refractivity contribution in [1.82, 2.24) is 14.6 Å². The van der Waals surface area contributed by atoms with E-state index in [-0.39, 0.29) is 5.91 Å². The third kappa shape index (κ3) is 2.79. The van der Waals surface area contributed by atoms with Crippen LogP contribution in [-0.4, -0.2) is 40.9 Å². The number of carbonyl (C=O) groups is 1. The van der Waals surface area contributed by atoms with Gasteiger partial charge < -0.3 is 10.2 Å². The molecule has 5 rings (SSSR count). The van der Waals surface area contributed by atoms with Crippen molar-refractivity contribution in [2.24, 2.45) is 5.92 Å². The van der Waals surface area contributed by atoms with Crippen LogP contribution in [0.3, 0.4) is 0 Å². The molecule has 2 bridgehead atoms. The summed E-state index contributed by atoms with van der Waals surface area (Å²) >= 11 is 4.95. The zero-order valence-electron chi connectivity index (χ0n) is 12.2. The minimum Gasteiger partial charge on any atom is -0.351 e. The summed E-state index contributed by atoms with van der Waals surface area (Å²) in [4.78, 5) is 14.9. The summed E-state index contributed by atoms with van der Waals surface area (Å²) in [5, 5.41) is 4.33. The number of rotatable bonds is 3. The summed E-state index contributed by atoms with van der Waals surface area (Å²) in [5.41, 5.74) is 0.889. The smallest absolute Gasteiger partial charge is 0.226 e. The molecule has 4 heterocycles. The van der Waals surface area contributed by atoms with E-state index in [2.05, 4.69) is 36.6 Å². The molecule has 1 amide bonds. The highest BCUT2D eigenvalue weighted by Crippen LogP contribution is 2.28. The molecule has 4 nitrogen and oxygen atoms in total. The molecule has 22 heavy (non-hydrogen) atoms. The fourth-order valence-electron chi connectivity index (χ4n) is 3.63. The van der Waals surface area contributed by atoms with Crippen LogP contribution < -0.4 is 5.32 Å². The number of benzene rings is 1.